The van der Waals surface area contributed by atoms with Crippen molar-refractivity contribution in [2.24, 2.45) is 0 Å². The summed E-state index contributed by atoms with van der Waals surface area (Å²) in [6.45, 7) is 0.820. The van der Waals surface area contributed by atoms with Crippen molar-refractivity contribution in [1.29, 1.82) is 0 Å². The van der Waals surface area contributed by atoms with E-state index in [1.165, 1.54) is 17.4 Å². The van der Waals surface area contributed by atoms with Gasteiger partial charge in [0.1, 0.15) is 21.3 Å². The van der Waals surface area contributed by atoms with E-state index in [0.717, 1.165) is 34.7 Å². The predicted molar refractivity (Wildman–Crippen MR) is 140 cm³/mol. The molecule has 7 nitrogen and oxygen atoms in total. The zero-order chi connectivity index (χ0) is 24.6. The Morgan fingerprint density at radius 3 is 2.71 bits per heavy atom. The molecule has 0 bridgehead atoms. The minimum atomic E-state index is -2.87. The summed E-state index contributed by atoms with van der Waals surface area (Å²) in [5, 5.41) is 6.64. The number of sulfone groups is 1. The first-order chi connectivity index (χ1) is 16.8. The molecule has 0 unspecified atom stereocenters. The number of likely N-dealkylation sites (N-methyl/N-ethyl adjacent to an activating group) is 1. The van der Waals surface area contributed by atoms with Crippen molar-refractivity contribution < 1.29 is 12.8 Å². The molecule has 35 heavy (non-hydrogen) atoms. The summed E-state index contributed by atoms with van der Waals surface area (Å²) in [6.07, 6.45) is 6.04. The Kier molecular flexibility index (Phi) is 6.61. The Hall–Kier alpha value is -2.82. The zero-order valence-electron chi connectivity index (χ0n) is 19.7. The highest BCUT2D eigenvalue weighted by Crippen LogP contribution is 2.30. The maximum Gasteiger partial charge on any atom is 0.195 e. The van der Waals surface area contributed by atoms with Crippen molar-refractivity contribution in [3.05, 3.63) is 59.5 Å². The zero-order valence-corrected chi connectivity index (χ0v) is 21.4. The number of halogens is 1. The van der Waals surface area contributed by atoms with Crippen molar-refractivity contribution in [3.8, 4) is 16.4 Å². The number of thiazole rings is 1. The molecular formula is C25H28FN5O2S2. The Balaban J connectivity index is 1.44. The summed E-state index contributed by atoms with van der Waals surface area (Å²) in [6, 6.07) is 9.34. The lowest BCUT2D eigenvalue weighted by atomic mass is 10.1. The molecule has 1 aliphatic rings. The fourth-order valence-corrected chi connectivity index (χ4v) is 6.77. The third kappa shape index (κ3) is 4.96. The molecule has 0 saturated carbocycles. The lowest BCUT2D eigenvalue weighted by Gasteiger charge is -2.31. The van der Waals surface area contributed by atoms with E-state index in [1.807, 2.05) is 28.1 Å². The van der Waals surface area contributed by atoms with Crippen LogP contribution in [0.3, 0.4) is 0 Å². The summed E-state index contributed by atoms with van der Waals surface area (Å²) in [4.78, 5) is 11.7. The number of pyridine rings is 1. The third-order valence-electron chi connectivity index (χ3n) is 6.78. The van der Waals surface area contributed by atoms with Crippen LogP contribution in [0.15, 0.2) is 48.1 Å². The van der Waals surface area contributed by atoms with Gasteiger partial charge in [-0.3, -0.25) is 4.57 Å². The molecule has 0 radical (unpaired) electrons. The van der Waals surface area contributed by atoms with Gasteiger partial charge in [-0.15, -0.1) is 11.3 Å². The van der Waals surface area contributed by atoms with Gasteiger partial charge in [-0.2, -0.15) is 0 Å². The highest BCUT2D eigenvalue weighted by atomic mass is 32.2. The highest BCUT2D eigenvalue weighted by Gasteiger charge is 2.26. The van der Waals surface area contributed by atoms with Crippen LogP contribution in [0.2, 0.25) is 0 Å². The molecule has 1 saturated heterocycles. The summed E-state index contributed by atoms with van der Waals surface area (Å²) in [5.41, 5.74) is 3.80. The molecule has 0 spiro atoms. The first-order valence-electron chi connectivity index (χ1n) is 11.6. The van der Waals surface area contributed by atoms with E-state index in [1.54, 1.807) is 19.3 Å². The monoisotopic (exact) mass is 513 g/mol. The van der Waals surface area contributed by atoms with Crippen LogP contribution >= 0.6 is 11.3 Å². The van der Waals surface area contributed by atoms with Gasteiger partial charge in [0, 0.05) is 48.4 Å². The van der Waals surface area contributed by atoms with E-state index in [2.05, 4.69) is 28.4 Å². The first kappa shape index (κ1) is 23.9. The standard InChI is InChI=1S/C25H28FN5O2S2/c1-27-23-5-3-17(15-21(23)26)22-6-4-20-18(16-31(24(20)29-22)25-28-10-12-34-25)7-11-30(2)19-8-13-35(32,33)14-9-19/h3-6,10,12,15-16,19,27H,7-9,11,13-14H2,1-2H3. The quantitative estimate of drug-likeness (QED) is 0.395. The third-order valence-corrected chi connectivity index (χ3v) is 9.26. The second-order valence-corrected chi connectivity index (χ2v) is 12.1. The molecule has 1 aliphatic heterocycles. The molecular weight excluding hydrogens is 485 g/mol. The Morgan fingerprint density at radius 2 is 2.03 bits per heavy atom. The van der Waals surface area contributed by atoms with Crippen molar-refractivity contribution in [2.45, 2.75) is 25.3 Å². The number of aromatic nitrogens is 3. The molecule has 5 rings (SSSR count). The average Bonchev–Trinajstić information content (AvgIpc) is 3.50. The van der Waals surface area contributed by atoms with E-state index >= 15 is 0 Å². The van der Waals surface area contributed by atoms with Crippen LogP contribution in [-0.4, -0.2) is 66.0 Å². The van der Waals surface area contributed by atoms with Crippen LogP contribution in [0.5, 0.6) is 0 Å². The second kappa shape index (κ2) is 9.67. The van der Waals surface area contributed by atoms with Crippen molar-refractivity contribution >= 4 is 37.9 Å². The van der Waals surface area contributed by atoms with Crippen LogP contribution in [0, 0.1) is 5.82 Å². The number of anilines is 1. The van der Waals surface area contributed by atoms with E-state index in [4.69, 9.17) is 4.98 Å². The molecule has 1 N–H and O–H groups in total. The summed E-state index contributed by atoms with van der Waals surface area (Å²) >= 11 is 1.54. The summed E-state index contributed by atoms with van der Waals surface area (Å²) < 4.78 is 40.0. The molecule has 184 valence electrons. The van der Waals surface area contributed by atoms with Crippen LogP contribution < -0.4 is 5.32 Å². The second-order valence-electron chi connectivity index (χ2n) is 8.96. The topological polar surface area (TPSA) is 80.1 Å². The smallest absolute Gasteiger partial charge is 0.195 e. The minimum Gasteiger partial charge on any atom is -0.386 e. The molecule has 0 atom stereocenters. The largest absolute Gasteiger partial charge is 0.386 e. The normalized spacial score (nSPS) is 16.2. The van der Waals surface area contributed by atoms with Gasteiger partial charge in [-0.05, 0) is 56.1 Å². The number of nitrogens with zero attached hydrogens (tertiary/aromatic N) is 4. The number of rotatable bonds is 7. The van der Waals surface area contributed by atoms with E-state index < -0.39 is 9.84 Å². The summed E-state index contributed by atoms with van der Waals surface area (Å²) in [5.74, 6) is 0.225. The Labute approximate surface area is 208 Å². The van der Waals surface area contributed by atoms with Crippen molar-refractivity contribution in [2.75, 3.05) is 37.5 Å². The molecule has 10 heteroatoms. The van der Waals surface area contributed by atoms with Gasteiger partial charge in [0.25, 0.3) is 0 Å². The Bertz CT molecular complexity index is 1440. The molecule has 4 aromatic rings. The number of nitrogens with one attached hydrogen (secondary N) is 1. The van der Waals surface area contributed by atoms with Gasteiger partial charge >= 0.3 is 0 Å². The highest BCUT2D eigenvalue weighted by molar-refractivity contribution is 7.91. The van der Waals surface area contributed by atoms with E-state index in [-0.39, 0.29) is 23.4 Å². The van der Waals surface area contributed by atoms with Crippen LogP contribution in [-0.2, 0) is 16.3 Å². The lowest BCUT2D eigenvalue weighted by Crippen LogP contribution is -2.39. The fraction of sp³-hybridized carbons (Fsp3) is 0.360. The maximum absolute atomic E-state index is 14.4. The SMILES string of the molecule is CNc1ccc(-c2ccc3c(CCN(C)C4CCS(=O)(=O)CC4)cn(-c4nccs4)c3n2)cc1F. The average molecular weight is 514 g/mol. The van der Waals surface area contributed by atoms with Crippen LogP contribution in [0.4, 0.5) is 10.1 Å². The molecule has 3 aromatic heterocycles. The van der Waals surface area contributed by atoms with Gasteiger partial charge in [-0.25, -0.2) is 22.8 Å². The van der Waals surface area contributed by atoms with E-state index in [0.29, 0.717) is 29.8 Å². The molecule has 1 aromatic carbocycles. The van der Waals surface area contributed by atoms with Gasteiger partial charge < -0.3 is 10.2 Å². The predicted octanol–water partition coefficient (Wildman–Crippen LogP) is 4.38. The van der Waals surface area contributed by atoms with Gasteiger partial charge in [0.05, 0.1) is 22.9 Å². The summed E-state index contributed by atoms with van der Waals surface area (Å²) in [7, 11) is 0.893. The molecule has 0 aliphatic carbocycles. The molecule has 4 heterocycles. The number of hydrogen-bond acceptors (Lipinski definition) is 7. The lowest BCUT2D eigenvalue weighted by molar-refractivity contribution is 0.229. The van der Waals surface area contributed by atoms with Crippen LogP contribution in [0.1, 0.15) is 18.4 Å². The number of benzene rings is 1. The molecule has 1 fully saturated rings. The first-order valence-corrected chi connectivity index (χ1v) is 14.3. The Morgan fingerprint density at radius 1 is 1.23 bits per heavy atom. The minimum absolute atomic E-state index is 0.272. The van der Waals surface area contributed by atoms with Crippen LogP contribution in [0.25, 0.3) is 27.4 Å². The fourth-order valence-electron chi connectivity index (χ4n) is 4.68. The van der Waals surface area contributed by atoms with Gasteiger partial charge in [0.2, 0.25) is 0 Å². The number of hydrogen-bond donors (Lipinski definition) is 1. The molecule has 0 amide bonds. The van der Waals surface area contributed by atoms with Crippen molar-refractivity contribution in [1.82, 2.24) is 19.4 Å². The number of fused-ring (bicyclic) bond motifs is 1. The van der Waals surface area contributed by atoms with E-state index in [9.17, 15) is 12.8 Å². The van der Waals surface area contributed by atoms with Crippen molar-refractivity contribution in [3.63, 3.8) is 0 Å². The maximum atomic E-state index is 14.4. The van der Waals surface area contributed by atoms with Gasteiger partial charge in [-0.1, -0.05) is 6.07 Å². The van der Waals surface area contributed by atoms with Gasteiger partial charge in [0.15, 0.2) is 5.13 Å².